The molecule has 7 heteroatoms. The highest BCUT2D eigenvalue weighted by Gasteiger charge is 2.26. The number of hydrogen-bond donors (Lipinski definition) is 2. The average molecular weight is 396 g/mol. The van der Waals surface area contributed by atoms with Crippen molar-refractivity contribution in [1.29, 1.82) is 0 Å². The van der Waals surface area contributed by atoms with Gasteiger partial charge in [-0.05, 0) is 35.4 Å². The molecular weight excluding hydrogens is 378 g/mol. The fourth-order valence-corrected chi connectivity index (χ4v) is 2.34. The molecule has 0 amide bonds. The van der Waals surface area contributed by atoms with Gasteiger partial charge < -0.3 is 10.4 Å². The largest absolute Gasteiger partial charge is 0.396 e. The molecule has 1 aromatic rings. The van der Waals surface area contributed by atoms with E-state index in [9.17, 15) is 19.6 Å². The van der Waals surface area contributed by atoms with Crippen LogP contribution in [0.5, 0.6) is 0 Å². The van der Waals surface area contributed by atoms with Crippen LogP contribution in [0.4, 0.5) is 15.8 Å². The number of anilines is 1. The molecule has 0 bridgehead atoms. The molecule has 0 spiro atoms. The number of nitrogens with one attached hydrogen (secondary N) is 1. The summed E-state index contributed by atoms with van der Waals surface area (Å²) in [5.74, 6) is -0.499. The van der Waals surface area contributed by atoms with Crippen LogP contribution in [0.1, 0.15) is 26.7 Å². The van der Waals surface area contributed by atoms with E-state index in [0.717, 1.165) is 18.9 Å². The minimum Gasteiger partial charge on any atom is -0.396 e. The van der Waals surface area contributed by atoms with Crippen molar-refractivity contribution in [2.24, 2.45) is 5.41 Å². The Morgan fingerprint density at radius 3 is 2.50 bits per heavy atom. The van der Waals surface area contributed by atoms with Crippen molar-refractivity contribution in [3.8, 4) is 0 Å². The summed E-state index contributed by atoms with van der Waals surface area (Å²) < 4.78 is 13.8. The lowest BCUT2D eigenvalue weighted by Crippen LogP contribution is -2.32. The summed E-state index contributed by atoms with van der Waals surface area (Å²) in [7, 11) is 0. The van der Waals surface area contributed by atoms with Gasteiger partial charge in [0.1, 0.15) is 11.5 Å². The first kappa shape index (κ1) is 17.1. The first-order chi connectivity index (χ1) is 9.39. The van der Waals surface area contributed by atoms with E-state index >= 15 is 0 Å². The van der Waals surface area contributed by atoms with Crippen LogP contribution >= 0.6 is 22.6 Å². The van der Waals surface area contributed by atoms with Crippen LogP contribution in [0.2, 0.25) is 0 Å². The van der Waals surface area contributed by atoms with E-state index in [2.05, 4.69) is 5.32 Å². The molecule has 0 unspecified atom stereocenters. The van der Waals surface area contributed by atoms with Gasteiger partial charge in [0, 0.05) is 24.1 Å². The van der Waals surface area contributed by atoms with E-state index in [0.29, 0.717) is 6.54 Å². The zero-order chi connectivity index (χ0) is 15.3. The molecule has 0 saturated carbocycles. The smallest absolute Gasteiger partial charge is 0.293 e. The van der Waals surface area contributed by atoms with Crippen LogP contribution in [0.15, 0.2) is 12.1 Å². The monoisotopic (exact) mass is 396 g/mol. The zero-order valence-corrected chi connectivity index (χ0v) is 13.6. The van der Waals surface area contributed by atoms with Gasteiger partial charge in [-0.3, -0.25) is 10.1 Å². The van der Waals surface area contributed by atoms with E-state index < -0.39 is 10.7 Å². The molecule has 0 heterocycles. The molecule has 0 atom stereocenters. The molecule has 0 aliphatic heterocycles. The van der Waals surface area contributed by atoms with Crippen molar-refractivity contribution in [1.82, 2.24) is 0 Å². The Labute approximate surface area is 130 Å². The van der Waals surface area contributed by atoms with Gasteiger partial charge in [-0.1, -0.05) is 13.8 Å². The van der Waals surface area contributed by atoms with E-state index in [1.54, 1.807) is 22.6 Å². The molecule has 1 rings (SSSR count). The number of nitrogens with zero attached hydrogens (tertiary/aromatic N) is 1. The molecule has 0 aliphatic rings. The number of nitro benzene ring substituents is 1. The maximum atomic E-state index is 13.6. The van der Waals surface area contributed by atoms with Crippen LogP contribution in [0.3, 0.4) is 0 Å². The third kappa shape index (κ3) is 3.78. The van der Waals surface area contributed by atoms with Crippen molar-refractivity contribution >= 4 is 34.0 Å². The SMILES string of the molecule is CCC(CC)(CO)CNc1cc(F)c(I)cc1[N+](=O)[O-]. The quantitative estimate of drug-likeness (QED) is 0.420. The number of aliphatic hydroxyl groups excluding tert-OH is 1. The van der Waals surface area contributed by atoms with Crippen molar-refractivity contribution in [2.75, 3.05) is 18.5 Å². The van der Waals surface area contributed by atoms with Gasteiger partial charge in [0.25, 0.3) is 5.69 Å². The second-order valence-electron chi connectivity index (χ2n) is 4.76. The van der Waals surface area contributed by atoms with Crippen molar-refractivity contribution < 1.29 is 14.4 Å². The normalized spacial score (nSPS) is 11.4. The van der Waals surface area contributed by atoms with E-state index in [-0.39, 0.29) is 27.0 Å². The molecule has 20 heavy (non-hydrogen) atoms. The summed E-state index contributed by atoms with van der Waals surface area (Å²) in [6.45, 7) is 4.24. The standard InChI is InChI=1S/C13H18FIN2O3/c1-3-13(4-2,8-18)7-16-11-5-9(14)10(15)6-12(11)17(19)20/h5-6,16,18H,3-4,7-8H2,1-2H3. The molecule has 0 aliphatic carbocycles. The zero-order valence-electron chi connectivity index (χ0n) is 11.4. The molecule has 0 radical (unpaired) electrons. The predicted molar refractivity (Wildman–Crippen MR) is 84.4 cm³/mol. The number of nitro groups is 1. The second-order valence-corrected chi connectivity index (χ2v) is 5.92. The second kappa shape index (κ2) is 7.16. The highest BCUT2D eigenvalue weighted by molar-refractivity contribution is 14.1. The first-order valence-corrected chi connectivity index (χ1v) is 7.45. The minimum absolute atomic E-state index is 0.0202. The van der Waals surface area contributed by atoms with Gasteiger partial charge >= 0.3 is 0 Å². The summed E-state index contributed by atoms with van der Waals surface area (Å²) in [6.07, 6.45) is 1.46. The van der Waals surface area contributed by atoms with Gasteiger partial charge in [0.2, 0.25) is 0 Å². The molecule has 0 fully saturated rings. The van der Waals surface area contributed by atoms with Crippen molar-refractivity contribution in [2.45, 2.75) is 26.7 Å². The lowest BCUT2D eigenvalue weighted by molar-refractivity contribution is -0.384. The molecule has 112 valence electrons. The van der Waals surface area contributed by atoms with E-state index in [1.807, 2.05) is 13.8 Å². The number of benzene rings is 1. The molecular formula is C13H18FIN2O3. The van der Waals surface area contributed by atoms with Crippen LogP contribution < -0.4 is 5.32 Å². The van der Waals surface area contributed by atoms with Gasteiger partial charge in [0.15, 0.2) is 0 Å². The van der Waals surface area contributed by atoms with Crippen molar-refractivity contribution in [3.05, 3.63) is 31.6 Å². The summed E-state index contributed by atoms with van der Waals surface area (Å²) in [4.78, 5) is 10.5. The lowest BCUT2D eigenvalue weighted by Gasteiger charge is -2.29. The Morgan fingerprint density at radius 1 is 1.45 bits per heavy atom. The molecule has 0 aromatic heterocycles. The summed E-state index contributed by atoms with van der Waals surface area (Å²) in [5, 5.41) is 23.4. The first-order valence-electron chi connectivity index (χ1n) is 6.37. The molecule has 5 nitrogen and oxygen atoms in total. The van der Waals surface area contributed by atoms with Crippen LogP contribution in [-0.4, -0.2) is 23.2 Å². The molecule has 1 aromatic carbocycles. The summed E-state index contributed by atoms with van der Waals surface area (Å²) >= 11 is 1.72. The fourth-order valence-electron chi connectivity index (χ4n) is 1.89. The minimum atomic E-state index is -0.539. The van der Waals surface area contributed by atoms with Crippen molar-refractivity contribution in [3.63, 3.8) is 0 Å². The molecule has 2 N–H and O–H groups in total. The number of hydrogen-bond acceptors (Lipinski definition) is 4. The Morgan fingerprint density at radius 2 is 2.05 bits per heavy atom. The topological polar surface area (TPSA) is 75.4 Å². The number of aliphatic hydroxyl groups is 1. The third-order valence-corrected chi connectivity index (χ3v) is 4.55. The fraction of sp³-hybridized carbons (Fsp3) is 0.538. The summed E-state index contributed by atoms with van der Waals surface area (Å²) in [5.41, 5.74) is -0.365. The maximum Gasteiger partial charge on any atom is 0.293 e. The van der Waals surface area contributed by atoms with Crippen LogP contribution in [-0.2, 0) is 0 Å². The van der Waals surface area contributed by atoms with E-state index in [1.165, 1.54) is 6.07 Å². The number of rotatable bonds is 7. The predicted octanol–water partition coefficient (Wildman–Crippen LogP) is 3.55. The highest BCUT2D eigenvalue weighted by Crippen LogP contribution is 2.31. The van der Waals surface area contributed by atoms with E-state index in [4.69, 9.17) is 0 Å². The third-order valence-electron chi connectivity index (χ3n) is 3.72. The Bertz CT molecular complexity index is 484. The summed E-state index contributed by atoms with van der Waals surface area (Å²) in [6, 6.07) is 2.34. The lowest BCUT2D eigenvalue weighted by atomic mass is 9.83. The Kier molecular flexibility index (Phi) is 6.12. The van der Waals surface area contributed by atoms with Gasteiger partial charge in [0.05, 0.1) is 15.1 Å². The van der Waals surface area contributed by atoms with Crippen LogP contribution in [0.25, 0.3) is 0 Å². The highest BCUT2D eigenvalue weighted by atomic mass is 127. The Balaban J connectivity index is 3.03. The molecule has 0 saturated heterocycles. The Hall–Kier alpha value is -0.960. The average Bonchev–Trinajstić information content (AvgIpc) is 2.44. The van der Waals surface area contributed by atoms with Gasteiger partial charge in [-0.2, -0.15) is 0 Å². The van der Waals surface area contributed by atoms with Crippen LogP contribution in [0, 0.1) is 24.9 Å². The van der Waals surface area contributed by atoms with Gasteiger partial charge in [-0.25, -0.2) is 4.39 Å². The van der Waals surface area contributed by atoms with Gasteiger partial charge in [-0.15, -0.1) is 0 Å². The maximum absolute atomic E-state index is 13.6. The number of halogens is 2.